The molecule has 0 saturated carbocycles. The van der Waals surface area contributed by atoms with Gasteiger partial charge in [-0.2, -0.15) is 0 Å². The lowest BCUT2D eigenvalue weighted by molar-refractivity contribution is -0.143. The first-order chi connectivity index (χ1) is 16.0. The summed E-state index contributed by atoms with van der Waals surface area (Å²) >= 11 is 0. The van der Waals surface area contributed by atoms with Crippen LogP contribution in [0, 0.1) is 13.8 Å². The number of rotatable bonds is 13. The highest BCUT2D eigenvalue weighted by atomic mass is 16.5. The van der Waals surface area contributed by atoms with Crippen molar-refractivity contribution < 1.29 is 14.3 Å². The maximum atomic E-state index is 12.2. The van der Waals surface area contributed by atoms with Crippen LogP contribution in [0.2, 0.25) is 0 Å². The summed E-state index contributed by atoms with van der Waals surface area (Å²) in [6, 6.07) is 3.93. The van der Waals surface area contributed by atoms with Crippen molar-refractivity contribution in [3.8, 4) is 0 Å². The lowest BCUT2D eigenvalue weighted by Gasteiger charge is -2.06. The van der Waals surface area contributed by atoms with Gasteiger partial charge in [-0.15, -0.1) is 0 Å². The molecule has 2 aromatic rings. The van der Waals surface area contributed by atoms with Crippen LogP contribution in [-0.4, -0.2) is 35.4 Å². The van der Waals surface area contributed by atoms with E-state index in [2.05, 4.69) is 23.8 Å². The molecule has 178 valence electrons. The molecule has 0 aromatic carbocycles. The molecule has 0 radical (unpaired) electrons. The largest absolute Gasteiger partial charge is 0.494 e. The molecule has 0 bridgehead atoms. The minimum Gasteiger partial charge on any atom is -0.494 e. The number of carbonyl (C=O) groups excluding carboxylic acids is 1. The van der Waals surface area contributed by atoms with Crippen molar-refractivity contribution in [3.05, 3.63) is 64.1 Å². The van der Waals surface area contributed by atoms with Crippen LogP contribution in [0.1, 0.15) is 80.1 Å². The van der Waals surface area contributed by atoms with E-state index in [0.29, 0.717) is 19.4 Å². The fourth-order valence-corrected chi connectivity index (χ4v) is 4.15. The van der Waals surface area contributed by atoms with Gasteiger partial charge < -0.3 is 19.4 Å². The number of nitrogens with one attached hydrogen (secondary N) is 2. The number of aryl methyl sites for hydroxylation is 1. The van der Waals surface area contributed by atoms with E-state index in [0.717, 1.165) is 58.2 Å². The number of nitrogens with zero attached hydrogens (tertiary/aromatic N) is 1. The van der Waals surface area contributed by atoms with E-state index in [9.17, 15) is 4.79 Å². The number of carbonyl (C=O) groups is 1. The molecule has 3 rings (SSSR count). The first-order valence-corrected chi connectivity index (χ1v) is 12.1. The second-order valence-electron chi connectivity index (χ2n) is 8.58. The molecule has 1 aliphatic rings. The van der Waals surface area contributed by atoms with Gasteiger partial charge in [-0.3, -0.25) is 4.79 Å². The van der Waals surface area contributed by atoms with Crippen LogP contribution >= 0.6 is 0 Å². The molecule has 33 heavy (non-hydrogen) atoms. The molecule has 0 saturated heterocycles. The van der Waals surface area contributed by atoms with Crippen LogP contribution in [0.3, 0.4) is 0 Å². The molecule has 6 nitrogen and oxygen atoms in total. The Morgan fingerprint density at radius 3 is 2.67 bits per heavy atom. The summed E-state index contributed by atoms with van der Waals surface area (Å²) in [4.78, 5) is 23.6. The number of unbranched alkanes of at least 4 members (excludes halogenated alkanes) is 5. The smallest absolute Gasteiger partial charge is 0.306 e. The Morgan fingerprint density at radius 1 is 1.15 bits per heavy atom. The average molecular weight is 452 g/mol. The van der Waals surface area contributed by atoms with Gasteiger partial charge in [0.2, 0.25) is 0 Å². The van der Waals surface area contributed by atoms with Gasteiger partial charge in [0.05, 0.1) is 25.1 Å². The van der Waals surface area contributed by atoms with Gasteiger partial charge >= 0.3 is 5.97 Å². The molecule has 0 fully saturated rings. The number of aliphatic imine (C=N–C) groups is 1. The molecule has 0 spiro atoms. The molecule has 3 heterocycles. The Bertz CT molecular complexity index is 1010. The van der Waals surface area contributed by atoms with Gasteiger partial charge in [0.1, 0.15) is 11.5 Å². The quantitative estimate of drug-likeness (QED) is 0.282. The van der Waals surface area contributed by atoms with Crippen molar-refractivity contribution >= 4 is 17.8 Å². The Kier molecular flexibility index (Phi) is 9.16. The summed E-state index contributed by atoms with van der Waals surface area (Å²) in [6.45, 7) is 6.86. The van der Waals surface area contributed by atoms with Gasteiger partial charge in [-0.1, -0.05) is 39.0 Å². The normalized spacial score (nSPS) is 14.5. The first-order valence-electron chi connectivity index (χ1n) is 12.1. The lowest BCUT2D eigenvalue weighted by atomic mass is 10.0. The van der Waals surface area contributed by atoms with Crippen LogP contribution in [0.4, 0.5) is 0 Å². The Morgan fingerprint density at radius 2 is 1.94 bits per heavy atom. The Balaban J connectivity index is 1.57. The highest BCUT2D eigenvalue weighted by Crippen LogP contribution is 2.27. The van der Waals surface area contributed by atoms with E-state index >= 15 is 0 Å². The number of hydrogen-bond donors (Lipinski definition) is 2. The predicted molar refractivity (Wildman–Crippen MR) is 133 cm³/mol. The zero-order chi connectivity index (χ0) is 23.6. The van der Waals surface area contributed by atoms with E-state index in [1.807, 2.05) is 37.4 Å². The zero-order valence-electron chi connectivity index (χ0n) is 20.4. The van der Waals surface area contributed by atoms with E-state index in [4.69, 9.17) is 14.5 Å². The third-order valence-electron chi connectivity index (χ3n) is 6.11. The summed E-state index contributed by atoms with van der Waals surface area (Å²) in [7, 11) is 1.65. The second-order valence-corrected chi connectivity index (χ2v) is 8.58. The van der Waals surface area contributed by atoms with Gasteiger partial charge in [0, 0.05) is 30.1 Å². The molecular formula is C27H37N3O3. The third kappa shape index (κ3) is 6.73. The molecule has 1 aliphatic heterocycles. The van der Waals surface area contributed by atoms with Gasteiger partial charge in [0.25, 0.3) is 0 Å². The number of hydrogen-bond acceptors (Lipinski definition) is 4. The highest BCUT2D eigenvalue weighted by molar-refractivity contribution is 6.11. The van der Waals surface area contributed by atoms with Crippen molar-refractivity contribution in [1.82, 2.24) is 9.97 Å². The average Bonchev–Trinajstić information content (AvgIpc) is 3.52. The van der Waals surface area contributed by atoms with Crippen LogP contribution in [0.25, 0.3) is 6.08 Å². The molecule has 2 N–H and O–H groups in total. The maximum Gasteiger partial charge on any atom is 0.306 e. The molecule has 0 unspecified atom stereocenters. The molecular weight excluding hydrogens is 414 g/mol. The van der Waals surface area contributed by atoms with Crippen LogP contribution in [-0.2, 0) is 20.7 Å². The summed E-state index contributed by atoms with van der Waals surface area (Å²) in [5.41, 5.74) is 6.91. The number of ether oxygens (including phenoxy) is 2. The van der Waals surface area contributed by atoms with E-state index < -0.39 is 0 Å². The third-order valence-corrected chi connectivity index (χ3v) is 6.11. The molecule has 2 aromatic heterocycles. The van der Waals surface area contributed by atoms with Crippen molar-refractivity contribution in [2.24, 2.45) is 4.99 Å². The van der Waals surface area contributed by atoms with Gasteiger partial charge in [-0.25, -0.2) is 4.99 Å². The maximum absolute atomic E-state index is 12.2. The van der Waals surface area contributed by atoms with Gasteiger partial charge in [-0.05, 0) is 56.0 Å². The van der Waals surface area contributed by atoms with E-state index in [1.165, 1.54) is 25.7 Å². The number of H-pyrrole nitrogens is 2. The van der Waals surface area contributed by atoms with E-state index in [1.54, 1.807) is 7.11 Å². The number of allylic oxidation sites excluding steroid dienone is 1. The minimum absolute atomic E-state index is 0.121. The van der Waals surface area contributed by atoms with Gasteiger partial charge in [0.15, 0.2) is 0 Å². The highest BCUT2D eigenvalue weighted by Gasteiger charge is 2.19. The summed E-state index contributed by atoms with van der Waals surface area (Å²) in [6.07, 6.45) is 14.0. The number of methoxy groups -OCH3 is 1. The Labute approximate surface area is 197 Å². The van der Waals surface area contributed by atoms with Crippen LogP contribution < -0.4 is 0 Å². The number of aromatic amines is 2. The van der Waals surface area contributed by atoms with Crippen molar-refractivity contribution in [2.75, 3.05) is 13.7 Å². The van der Waals surface area contributed by atoms with Crippen molar-refractivity contribution in [3.63, 3.8) is 0 Å². The zero-order valence-corrected chi connectivity index (χ0v) is 20.4. The molecule has 0 atom stereocenters. The predicted octanol–water partition coefficient (Wildman–Crippen LogP) is 6.17. The molecule has 0 aliphatic carbocycles. The summed E-state index contributed by atoms with van der Waals surface area (Å²) in [5.74, 6) is 0.607. The standard InChI is InChI=1S/C27H37N3O3/c1-5-6-7-8-9-10-16-33-27(31)14-13-21-19(2)23(29-20(21)3)17-25-26(32-4)18-24(30-25)22-12-11-15-28-22/h11-12,15,17-18,28-29H,5-10,13-14,16H2,1-4H3/b25-17-. The Hall–Kier alpha value is -3.02. The topological polar surface area (TPSA) is 79.5 Å². The molecule has 6 heteroatoms. The second kappa shape index (κ2) is 12.3. The fraction of sp³-hybridized carbons (Fsp3) is 0.481. The lowest BCUT2D eigenvalue weighted by Crippen LogP contribution is -2.07. The first kappa shape index (κ1) is 24.6. The number of esters is 1. The van der Waals surface area contributed by atoms with Crippen LogP contribution in [0.5, 0.6) is 0 Å². The summed E-state index contributed by atoms with van der Waals surface area (Å²) in [5, 5.41) is 0. The summed E-state index contributed by atoms with van der Waals surface area (Å²) < 4.78 is 11.0. The van der Waals surface area contributed by atoms with Crippen molar-refractivity contribution in [2.45, 2.75) is 72.1 Å². The number of aromatic nitrogens is 2. The molecule has 0 amide bonds. The SMILES string of the molecule is CCCCCCCCOC(=O)CCc1c(C)[nH]c(/C=C2\N=C(c3ccc[nH]3)C=C2OC)c1C. The minimum atomic E-state index is -0.121. The van der Waals surface area contributed by atoms with E-state index in [-0.39, 0.29) is 5.97 Å². The van der Waals surface area contributed by atoms with Crippen molar-refractivity contribution in [1.29, 1.82) is 0 Å². The fourth-order valence-electron chi connectivity index (χ4n) is 4.15. The monoisotopic (exact) mass is 451 g/mol. The van der Waals surface area contributed by atoms with Crippen LogP contribution in [0.15, 0.2) is 40.9 Å².